The minimum Gasteiger partial charge on any atom is -0.467 e. The van der Waals surface area contributed by atoms with Gasteiger partial charge in [-0.3, -0.25) is 9.69 Å². The molecule has 0 radical (unpaired) electrons. The number of hydrogen-bond donors (Lipinski definition) is 2. The fourth-order valence-electron chi connectivity index (χ4n) is 5.31. The Morgan fingerprint density at radius 3 is 2.65 bits per heavy atom. The average molecular weight is 591 g/mol. The van der Waals surface area contributed by atoms with E-state index in [0.717, 1.165) is 50.3 Å². The molecule has 2 saturated heterocycles. The molecule has 0 aliphatic carbocycles. The Kier molecular flexibility index (Phi) is 10.4. The number of aromatic nitrogens is 2. The Labute approximate surface area is 245 Å². The standard InChI is InChI=1S/C27H37Cl2N9O2/c1-4-19-17-37(25-22(28)14-18(15-32-25)16-33-35-27(40-3)31-5-2)12-13-38(19)20-8-10-36(11-9-20)26(39)21-6-7-23(29)34-24(21)30/h6-7,14-16,19-20H,4-5,8-13,17H2,1-3H3,(H2,30,34)(H,31,35)/b33-16+. The van der Waals surface area contributed by atoms with Gasteiger partial charge < -0.3 is 20.3 Å². The summed E-state index contributed by atoms with van der Waals surface area (Å²) in [6.45, 7) is 8.67. The number of piperidine rings is 1. The average Bonchev–Trinajstić information content (AvgIpc) is 2.96. The molecule has 216 valence electrons. The Hall–Kier alpha value is -3.15. The first-order valence-corrected chi connectivity index (χ1v) is 14.3. The summed E-state index contributed by atoms with van der Waals surface area (Å²) < 4.78 is 5.11. The smallest absolute Gasteiger partial charge is 0.305 e. The zero-order chi connectivity index (χ0) is 28.6. The molecular formula is C27H37Cl2N9O2. The van der Waals surface area contributed by atoms with Crippen LogP contribution in [0.3, 0.4) is 0 Å². The molecule has 2 aliphatic rings. The molecule has 4 rings (SSSR count). The molecule has 13 heteroatoms. The van der Waals surface area contributed by atoms with E-state index in [1.54, 1.807) is 24.5 Å². The molecule has 1 amide bonds. The van der Waals surface area contributed by atoms with Crippen LogP contribution in [-0.2, 0) is 4.74 Å². The van der Waals surface area contributed by atoms with Gasteiger partial charge in [-0.1, -0.05) is 30.1 Å². The second-order valence-electron chi connectivity index (χ2n) is 9.76. The largest absolute Gasteiger partial charge is 0.467 e. The first-order chi connectivity index (χ1) is 19.3. The highest BCUT2D eigenvalue weighted by atomic mass is 35.5. The van der Waals surface area contributed by atoms with Crippen LogP contribution in [0.1, 0.15) is 49.0 Å². The van der Waals surface area contributed by atoms with Gasteiger partial charge >= 0.3 is 6.02 Å². The van der Waals surface area contributed by atoms with Gasteiger partial charge in [-0.05, 0) is 44.4 Å². The van der Waals surface area contributed by atoms with E-state index in [2.05, 4.69) is 42.2 Å². The van der Waals surface area contributed by atoms with Crippen molar-refractivity contribution in [1.29, 1.82) is 0 Å². The monoisotopic (exact) mass is 589 g/mol. The van der Waals surface area contributed by atoms with Crippen LogP contribution in [-0.4, -0.2) is 96.4 Å². The molecule has 40 heavy (non-hydrogen) atoms. The van der Waals surface area contributed by atoms with Gasteiger partial charge in [0.15, 0.2) is 0 Å². The molecule has 11 nitrogen and oxygen atoms in total. The predicted molar refractivity (Wildman–Crippen MR) is 161 cm³/mol. The number of methoxy groups -OCH3 is 1. The third-order valence-corrected chi connectivity index (χ3v) is 7.84. The van der Waals surface area contributed by atoms with Crippen molar-refractivity contribution < 1.29 is 9.53 Å². The summed E-state index contributed by atoms with van der Waals surface area (Å²) in [6, 6.07) is 6.25. The number of nitrogen functional groups attached to an aromatic ring is 1. The zero-order valence-corrected chi connectivity index (χ0v) is 24.7. The highest BCUT2D eigenvalue weighted by Crippen LogP contribution is 2.30. The predicted octanol–water partition coefficient (Wildman–Crippen LogP) is 3.52. The van der Waals surface area contributed by atoms with Crippen molar-refractivity contribution in [1.82, 2.24) is 25.2 Å². The van der Waals surface area contributed by atoms with E-state index in [0.29, 0.717) is 48.3 Å². The Balaban J connectivity index is 1.33. The summed E-state index contributed by atoms with van der Waals surface area (Å²) in [7, 11) is 1.54. The number of pyridine rings is 2. The van der Waals surface area contributed by atoms with Gasteiger partial charge in [0.1, 0.15) is 16.8 Å². The van der Waals surface area contributed by atoms with E-state index in [1.165, 1.54) is 7.11 Å². The van der Waals surface area contributed by atoms with E-state index < -0.39 is 0 Å². The number of aliphatic imine (C=N–C) groups is 1. The third-order valence-electron chi connectivity index (χ3n) is 7.35. The van der Waals surface area contributed by atoms with Gasteiger partial charge in [0.25, 0.3) is 5.91 Å². The van der Waals surface area contributed by atoms with Crippen molar-refractivity contribution >= 4 is 53.0 Å². The SMILES string of the molecule is CCN=C(N/N=C/c1cnc(N2CCN(C3CCN(C(=O)c4ccc(Cl)nc4N)CC3)C(CC)C2)c(Cl)c1)OC. The van der Waals surface area contributed by atoms with Crippen LogP contribution >= 0.6 is 23.2 Å². The number of halogens is 2. The highest BCUT2D eigenvalue weighted by Gasteiger charge is 2.35. The van der Waals surface area contributed by atoms with Crippen molar-refractivity contribution in [2.45, 2.75) is 45.2 Å². The van der Waals surface area contributed by atoms with Crippen LogP contribution in [0.5, 0.6) is 0 Å². The number of anilines is 2. The van der Waals surface area contributed by atoms with Crippen LogP contribution in [0.2, 0.25) is 10.2 Å². The number of ether oxygens (including phenoxy) is 1. The maximum Gasteiger partial charge on any atom is 0.305 e. The van der Waals surface area contributed by atoms with E-state index >= 15 is 0 Å². The van der Waals surface area contributed by atoms with Gasteiger partial charge in [-0.15, -0.1) is 0 Å². The van der Waals surface area contributed by atoms with Crippen LogP contribution in [0.25, 0.3) is 0 Å². The number of amidine groups is 1. The number of carbonyl (C=O) groups excluding carboxylic acids is 1. The maximum absolute atomic E-state index is 13.0. The van der Waals surface area contributed by atoms with Crippen molar-refractivity contribution in [3.05, 3.63) is 45.7 Å². The fourth-order valence-corrected chi connectivity index (χ4v) is 5.76. The topological polar surface area (TPSA) is 125 Å². The summed E-state index contributed by atoms with van der Waals surface area (Å²) in [4.78, 5) is 32.6. The van der Waals surface area contributed by atoms with Crippen molar-refractivity contribution in [3.8, 4) is 0 Å². The quantitative estimate of drug-likeness (QED) is 0.217. The first-order valence-electron chi connectivity index (χ1n) is 13.6. The van der Waals surface area contributed by atoms with E-state index in [9.17, 15) is 4.79 Å². The molecule has 1 unspecified atom stereocenters. The molecular weight excluding hydrogens is 553 g/mol. The lowest BCUT2D eigenvalue weighted by atomic mass is 9.97. The number of likely N-dealkylation sites (tertiary alicyclic amines) is 1. The van der Waals surface area contributed by atoms with Gasteiger partial charge in [0, 0.05) is 63.1 Å². The van der Waals surface area contributed by atoms with Crippen LogP contribution in [0.4, 0.5) is 11.6 Å². The van der Waals surface area contributed by atoms with E-state index in [4.69, 9.17) is 33.7 Å². The normalized spacial score (nSPS) is 19.3. The summed E-state index contributed by atoms with van der Waals surface area (Å²) in [5.74, 6) is 0.868. The number of rotatable bonds is 7. The zero-order valence-electron chi connectivity index (χ0n) is 23.2. The minimum atomic E-state index is -0.0878. The van der Waals surface area contributed by atoms with Crippen molar-refractivity contribution in [2.24, 2.45) is 10.1 Å². The molecule has 3 N–H and O–H groups in total. The molecule has 2 aromatic rings. The number of carbonyl (C=O) groups is 1. The molecule has 0 spiro atoms. The van der Waals surface area contributed by atoms with Crippen LogP contribution < -0.4 is 16.1 Å². The van der Waals surface area contributed by atoms with Crippen LogP contribution in [0.15, 0.2) is 34.5 Å². The Morgan fingerprint density at radius 2 is 2.00 bits per heavy atom. The third kappa shape index (κ3) is 7.13. The minimum absolute atomic E-state index is 0.0878. The molecule has 2 aliphatic heterocycles. The molecule has 0 aromatic carbocycles. The van der Waals surface area contributed by atoms with Gasteiger partial charge in [-0.25, -0.2) is 20.4 Å². The second kappa shape index (κ2) is 14.0. The number of hydrogen-bond acceptors (Lipinski definition) is 9. The summed E-state index contributed by atoms with van der Waals surface area (Å²) in [5, 5.41) is 5.02. The number of nitrogens with two attached hydrogens (primary N) is 1. The number of nitrogens with zero attached hydrogens (tertiary/aromatic N) is 7. The first kappa shape index (κ1) is 29.8. The lowest BCUT2D eigenvalue weighted by Crippen LogP contribution is -2.58. The van der Waals surface area contributed by atoms with Gasteiger partial charge in [0.05, 0.1) is 23.9 Å². The lowest BCUT2D eigenvalue weighted by Gasteiger charge is -2.47. The molecule has 2 aromatic heterocycles. The highest BCUT2D eigenvalue weighted by molar-refractivity contribution is 6.33. The summed E-state index contributed by atoms with van der Waals surface area (Å²) >= 11 is 12.6. The summed E-state index contributed by atoms with van der Waals surface area (Å²) in [6.07, 6.45) is 6.24. The van der Waals surface area contributed by atoms with Crippen molar-refractivity contribution in [2.75, 3.05) is 57.0 Å². The number of nitrogens with one attached hydrogen (secondary N) is 1. The summed E-state index contributed by atoms with van der Waals surface area (Å²) in [5.41, 5.74) is 9.89. The molecule has 1 atom stereocenters. The van der Waals surface area contributed by atoms with Gasteiger partial charge in [-0.2, -0.15) is 5.10 Å². The molecule has 2 fully saturated rings. The molecule has 4 heterocycles. The van der Waals surface area contributed by atoms with E-state index in [1.807, 2.05) is 17.9 Å². The number of amides is 1. The van der Waals surface area contributed by atoms with Crippen LogP contribution in [0, 0.1) is 0 Å². The van der Waals surface area contributed by atoms with Gasteiger partial charge in [0.2, 0.25) is 0 Å². The Bertz CT molecular complexity index is 1230. The fraction of sp³-hybridized carbons (Fsp3) is 0.519. The number of piperazine rings is 1. The maximum atomic E-state index is 13.0. The lowest BCUT2D eigenvalue weighted by molar-refractivity contribution is 0.0491. The molecule has 0 saturated carbocycles. The number of hydrazone groups is 1. The molecule has 0 bridgehead atoms. The van der Waals surface area contributed by atoms with Crippen molar-refractivity contribution in [3.63, 3.8) is 0 Å². The second-order valence-corrected chi connectivity index (χ2v) is 10.6. The van der Waals surface area contributed by atoms with E-state index in [-0.39, 0.29) is 16.9 Å². The Morgan fingerprint density at radius 1 is 1.23 bits per heavy atom.